The molecule has 0 aliphatic heterocycles. The molecule has 0 radical (unpaired) electrons. The highest BCUT2D eigenvalue weighted by Crippen LogP contribution is 2.60. The molecule has 0 spiro atoms. The normalized spacial score (nSPS) is 33.8. The van der Waals surface area contributed by atoms with Crippen molar-refractivity contribution in [2.45, 2.75) is 66.2 Å². The molecular formula is C20H32O3. The van der Waals surface area contributed by atoms with Gasteiger partial charge in [-0.05, 0) is 61.7 Å². The fraction of sp³-hybridized carbons (Fsp3) is 0.750. The largest absolute Gasteiger partial charge is 0.478 e. The molecule has 3 heteroatoms. The van der Waals surface area contributed by atoms with Gasteiger partial charge in [-0.3, -0.25) is 0 Å². The summed E-state index contributed by atoms with van der Waals surface area (Å²) in [5.74, 6) is -0.0822. The number of carboxylic acids is 1. The predicted octanol–water partition coefficient (Wildman–Crippen LogP) is 4.57. The Kier molecular flexibility index (Phi) is 5.40. The van der Waals surface area contributed by atoms with Crippen LogP contribution in [0, 0.1) is 22.7 Å². The van der Waals surface area contributed by atoms with Gasteiger partial charge in [-0.2, -0.15) is 0 Å². The zero-order valence-corrected chi connectivity index (χ0v) is 15.1. The van der Waals surface area contributed by atoms with Crippen molar-refractivity contribution in [2.24, 2.45) is 22.7 Å². The van der Waals surface area contributed by atoms with Gasteiger partial charge in [0, 0.05) is 5.57 Å². The Hall–Kier alpha value is -1.09. The third-order valence-electron chi connectivity index (χ3n) is 6.53. The van der Waals surface area contributed by atoms with E-state index in [2.05, 4.69) is 20.8 Å². The number of hydrogen-bond donors (Lipinski definition) is 2. The van der Waals surface area contributed by atoms with Gasteiger partial charge in [0.25, 0.3) is 0 Å². The van der Waals surface area contributed by atoms with Gasteiger partial charge in [-0.1, -0.05) is 44.9 Å². The van der Waals surface area contributed by atoms with Crippen molar-refractivity contribution in [2.75, 3.05) is 6.61 Å². The SMILES string of the molecule is C/C(=C\CO)CC[C@H]1C(C(=O)O)=CC[C@H]2C(C)(C)CCC[C@]12C. The Morgan fingerprint density at radius 1 is 1.35 bits per heavy atom. The van der Waals surface area contributed by atoms with Crippen LogP contribution in [0.25, 0.3) is 0 Å². The first-order chi connectivity index (χ1) is 10.7. The summed E-state index contributed by atoms with van der Waals surface area (Å²) in [6, 6.07) is 0. The average molecular weight is 320 g/mol. The molecule has 3 atom stereocenters. The standard InChI is InChI=1S/C20H32O3/c1-14(10-13-21)6-8-16-15(18(22)23)7-9-17-19(2,3)11-5-12-20(16,17)4/h7,10,16-17,21H,5-6,8-9,11-13H2,1-4H3,(H,22,23)/b14-10+/t16-,17-,20+/m0/s1. The molecular weight excluding hydrogens is 288 g/mol. The van der Waals surface area contributed by atoms with E-state index in [1.54, 1.807) is 0 Å². The van der Waals surface area contributed by atoms with Crippen molar-refractivity contribution in [3.05, 3.63) is 23.3 Å². The number of aliphatic carboxylic acids is 1. The highest BCUT2D eigenvalue weighted by atomic mass is 16.4. The van der Waals surface area contributed by atoms with Gasteiger partial charge in [0.05, 0.1) is 6.61 Å². The maximum Gasteiger partial charge on any atom is 0.331 e. The third-order valence-corrected chi connectivity index (χ3v) is 6.53. The topological polar surface area (TPSA) is 57.5 Å². The summed E-state index contributed by atoms with van der Waals surface area (Å²) in [5.41, 5.74) is 2.13. The highest BCUT2D eigenvalue weighted by Gasteiger charge is 2.53. The van der Waals surface area contributed by atoms with E-state index >= 15 is 0 Å². The molecule has 2 rings (SSSR count). The number of carboxylic acid groups (broad SMARTS) is 1. The lowest BCUT2D eigenvalue weighted by atomic mass is 9.48. The first-order valence-corrected chi connectivity index (χ1v) is 8.92. The smallest absolute Gasteiger partial charge is 0.331 e. The van der Waals surface area contributed by atoms with Crippen LogP contribution >= 0.6 is 0 Å². The lowest BCUT2D eigenvalue weighted by Gasteiger charge is -2.56. The Balaban J connectivity index is 2.32. The molecule has 0 bridgehead atoms. The van der Waals surface area contributed by atoms with Gasteiger partial charge in [0.2, 0.25) is 0 Å². The molecule has 2 aliphatic rings. The lowest BCUT2D eigenvalue weighted by molar-refractivity contribution is -0.135. The Bertz CT molecular complexity index is 515. The molecule has 130 valence electrons. The second kappa shape index (κ2) is 6.80. The van der Waals surface area contributed by atoms with Crippen molar-refractivity contribution >= 4 is 5.97 Å². The minimum Gasteiger partial charge on any atom is -0.478 e. The first-order valence-electron chi connectivity index (χ1n) is 8.92. The van der Waals surface area contributed by atoms with Gasteiger partial charge in [0.15, 0.2) is 0 Å². The van der Waals surface area contributed by atoms with E-state index in [0.29, 0.717) is 11.5 Å². The van der Waals surface area contributed by atoms with E-state index in [9.17, 15) is 9.90 Å². The molecule has 0 amide bonds. The summed E-state index contributed by atoms with van der Waals surface area (Å²) in [4.78, 5) is 11.8. The zero-order chi connectivity index (χ0) is 17.3. The number of rotatable bonds is 5. The maximum atomic E-state index is 11.8. The van der Waals surface area contributed by atoms with Crippen LogP contribution in [-0.4, -0.2) is 22.8 Å². The molecule has 3 nitrogen and oxygen atoms in total. The molecule has 0 aromatic rings. The van der Waals surface area contributed by atoms with E-state index in [1.165, 1.54) is 12.8 Å². The third kappa shape index (κ3) is 3.55. The monoisotopic (exact) mass is 320 g/mol. The summed E-state index contributed by atoms with van der Waals surface area (Å²) in [6.07, 6.45) is 10.00. The lowest BCUT2D eigenvalue weighted by Crippen LogP contribution is -2.49. The second-order valence-corrected chi connectivity index (χ2v) is 8.43. The van der Waals surface area contributed by atoms with Crippen LogP contribution in [0.2, 0.25) is 0 Å². The van der Waals surface area contributed by atoms with E-state index in [4.69, 9.17) is 5.11 Å². The Labute approximate surface area is 140 Å². The molecule has 0 unspecified atom stereocenters. The fourth-order valence-corrected chi connectivity index (χ4v) is 5.27. The number of allylic oxidation sites excluding steroid dienone is 2. The molecule has 0 saturated heterocycles. The van der Waals surface area contributed by atoms with Crippen molar-refractivity contribution in [3.63, 3.8) is 0 Å². The van der Waals surface area contributed by atoms with Crippen LogP contribution in [0.1, 0.15) is 66.2 Å². The molecule has 2 N–H and O–H groups in total. The molecule has 1 saturated carbocycles. The minimum absolute atomic E-state index is 0.0606. The summed E-state index contributed by atoms with van der Waals surface area (Å²) in [7, 11) is 0. The summed E-state index contributed by atoms with van der Waals surface area (Å²) in [6.45, 7) is 9.11. The van der Waals surface area contributed by atoms with Crippen LogP contribution in [0.4, 0.5) is 0 Å². The van der Waals surface area contributed by atoms with Crippen molar-refractivity contribution in [1.82, 2.24) is 0 Å². The van der Waals surface area contributed by atoms with Crippen LogP contribution in [0.15, 0.2) is 23.3 Å². The van der Waals surface area contributed by atoms with Crippen LogP contribution < -0.4 is 0 Å². The van der Waals surface area contributed by atoms with E-state index in [1.807, 2.05) is 19.1 Å². The number of aliphatic hydroxyl groups excluding tert-OH is 1. The van der Waals surface area contributed by atoms with Crippen molar-refractivity contribution in [3.8, 4) is 0 Å². The quantitative estimate of drug-likeness (QED) is 0.730. The first kappa shape index (κ1) is 18.3. The highest BCUT2D eigenvalue weighted by molar-refractivity contribution is 5.87. The molecule has 0 aromatic carbocycles. The van der Waals surface area contributed by atoms with E-state index < -0.39 is 5.97 Å². The molecule has 2 aliphatic carbocycles. The van der Waals surface area contributed by atoms with Gasteiger partial charge >= 0.3 is 5.97 Å². The number of aliphatic hydroxyl groups is 1. The van der Waals surface area contributed by atoms with Gasteiger partial charge in [0.1, 0.15) is 0 Å². The molecule has 23 heavy (non-hydrogen) atoms. The molecule has 0 aromatic heterocycles. The van der Waals surface area contributed by atoms with Gasteiger partial charge < -0.3 is 10.2 Å². The molecule has 1 fully saturated rings. The van der Waals surface area contributed by atoms with Gasteiger partial charge in [-0.25, -0.2) is 4.79 Å². The summed E-state index contributed by atoms with van der Waals surface area (Å²) < 4.78 is 0. The zero-order valence-electron chi connectivity index (χ0n) is 15.1. The predicted molar refractivity (Wildman–Crippen MR) is 93.1 cm³/mol. The van der Waals surface area contributed by atoms with Crippen molar-refractivity contribution in [1.29, 1.82) is 0 Å². The molecule has 0 heterocycles. The minimum atomic E-state index is -0.748. The number of hydrogen-bond acceptors (Lipinski definition) is 2. The summed E-state index contributed by atoms with van der Waals surface area (Å²) in [5, 5.41) is 18.7. The van der Waals surface area contributed by atoms with E-state index in [0.717, 1.165) is 31.3 Å². The second-order valence-electron chi connectivity index (χ2n) is 8.43. The van der Waals surface area contributed by atoms with E-state index in [-0.39, 0.29) is 23.4 Å². The maximum absolute atomic E-state index is 11.8. The Morgan fingerprint density at radius 3 is 2.65 bits per heavy atom. The van der Waals surface area contributed by atoms with Crippen LogP contribution in [0.3, 0.4) is 0 Å². The average Bonchev–Trinajstić information content (AvgIpc) is 2.44. The summed E-state index contributed by atoms with van der Waals surface area (Å²) >= 11 is 0. The van der Waals surface area contributed by atoms with Crippen LogP contribution in [-0.2, 0) is 4.79 Å². The van der Waals surface area contributed by atoms with Crippen molar-refractivity contribution < 1.29 is 15.0 Å². The number of carbonyl (C=O) groups is 1. The number of fused-ring (bicyclic) bond motifs is 1. The van der Waals surface area contributed by atoms with Gasteiger partial charge in [-0.15, -0.1) is 0 Å². The van der Waals surface area contributed by atoms with Crippen LogP contribution in [0.5, 0.6) is 0 Å². The Morgan fingerprint density at radius 2 is 2.04 bits per heavy atom. The fourth-order valence-electron chi connectivity index (χ4n) is 5.27.